The Morgan fingerprint density at radius 2 is 2.14 bits per heavy atom. The third-order valence-electron chi connectivity index (χ3n) is 4.83. The van der Waals surface area contributed by atoms with E-state index in [0.717, 1.165) is 19.4 Å². The highest BCUT2D eigenvalue weighted by molar-refractivity contribution is 5.91. The molecular weight excluding hydrogens is 360 g/mol. The van der Waals surface area contributed by atoms with Crippen LogP contribution in [0.25, 0.3) is 11.1 Å². The second-order valence-corrected chi connectivity index (χ2v) is 6.73. The van der Waals surface area contributed by atoms with Gasteiger partial charge in [-0.25, -0.2) is 19.6 Å². The Hall–Kier alpha value is -3.36. The number of hydrogen-bond donors (Lipinski definition) is 2. The largest absolute Gasteiger partial charge is 0.419 e. The van der Waals surface area contributed by atoms with Crippen LogP contribution in [0.4, 0.5) is 16.4 Å². The molecule has 2 N–H and O–H groups in total. The summed E-state index contributed by atoms with van der Waals surface area (Å²) < 4.78 is 6.78. The molecule has 28 heavy (non-hydrogen) atoms. The minimum atomic E-state index is -0.399. The second-order valence-electron chi connectivity index (χ2n) is 6.73. The zero-order valence-corrected chi connectivity index (χ0v) is 15.6. The van der Waals surface area contributed by atoms with E-state index in [1.807, 2.05) is 6.92 Å². The van der Waals surface area contributed by atoms with Crippen molar-refractivity contribution in [2.75, 3.05) is 23.3 Å². The molecule has 0 bridgehead atoms. The number of carbonyl (C=O) groups is 1. The zero-order valence-electron chi connectivity index (χ0n) is 15.6. The number of urea groups is 1. The fourth-order valence-corrected chi connectivity index (χ4v) is 3.53. The van der Waals surface area contributed by atoms with Crippen LogP contribution < -0.4 is 21.3 Å². The second kappa shape index (κ2) is 7.71. The summed E-state index contributed by atoms with van der Waals surface area (Å²) in [5.74, 6) is 0.278. The molecule has 146 valence electrons. The molecule has 0 aliphatic carbocycles. The minimum Gasteiger partial charge on any atom is -0.408 e. The van der Waals surface area contributed by atoms with Gasteiger partial charge in [-0.2, -0.15) is 0 Å². The van der Waals surface area contributed by atoms with Crippen LogP contribution in [0.2, 0.25) is 0 Å². The molecule has 1 aliphatic rings. The molecule has 1 atom stereocenters. The average molecular weight is 382 g/mol. The highest BCUT2D eigenvalue weighted by Gasteiger charge is 2.23. The average Bonchev–Trinajstić information content (AvgIpc) is 3.03. The Morgan fingerprint density at radius 3 is 2.93 bits per heavy atom. The lowest BCUT2D eigenvalue weighted by Crippen LogP contribution is -2.49. The van der Waals surface area contributed by atoms with E-state index in [1.54, 1.807) is 41.2 Å². The molecule has 0 radical (unpaired) electrons. The van der Waals surface area contributed by atoms with Gasteiger partial charge in [0.1, 0.15) is 0 Å². The number of aromatic nitrogens is 3. The van der Waals surface area contributed by atoms with Crippen LogP contribution in [0.5, 0.6) is 0 Å². The number of carbonyl (C=O) groups excluding carboxylic acids is 1. The van der Waals surface area contributed by atoms with Crippen molar-refractivity contribution in [2.24, 2.45) is 0 Å². The maximum absolute atomic E-state index is 12.4. The monoisotopic (exact) mass is 382 g/mol. The lowest BCUT2D eigenvalue weighted by atomic mass is 10.1. The number of oxazole rings is 1. The Kier molecular flexibility index (Phi) is 4.96. The van der Waals surface area contributed by atoms with Crippen molar-refractivity contribution in [2.45, 2.75) is 32.4 Å². The van der Waals surface area contributed by atoms with Crippen LogP contribution in [0.1, 0.15) is 19.8 Å². The predicted octanol–water partition coefficient (Wildman–Crippen LogP) is 2.19. The molecule has 1 fully saturated rings. The molecule has 9 nitrogen and oxygen atoms in total. The number of nitrogens with zero attached hydrogens (tertiary/aromatic N) is 4. The highest BCUT2D eigenvalue weighted by Crippen LogP contribution is 2.19. The van der Waals surface area contributed by atoms with Crippen molar-refractivity contribution in [1.82, 2.24) is 19.9 Å². The first-order valence-corrected chi connectivity index (χ1v) is 9.37. The summed E-state index contributed by atoms with van der Waals surface area (Å²) in [5.41, 5.74) is 1.74. The number of benzene rings is 1. The van der Waals surface area contributed by atoms with Gasteiger partial charge in [-0.3, -0.25) is 4.57 Å². The third kappa shape index (κ3) is 3.68. The number of rotatable bonds is 4. The van der Waals surface area contributed by atoms with E-state index in [9.17, 15) is 9.59 Å². The van der Waals surface area contributed by atoms with Gasteiger partial charge in [0.05, 0.1) is 5.52 Å². The van der Waals surface area contributed by atoms with Crippen molar-refractivity contribution in [3.63, 3.8) is 0 Å². The van der Waals surface area contributed by atoms with E-state index in [2.05, 4.69) is 25.5 Å². The summed E-state index contributed by atoms with van der Waals surface area (Å²) in [6, 6.07) is 6.68. The van der Waals surface area contributed by atoms with Gasteiger partial charge in [-0.1, -0.05) is 0 Å². The van der Waals surface area contributed by atoms with Gasteiger partial charge in [0.2, 0.25) is 5.95 Å². The summed E-state index contributed by atoms with van der Waals surface area (Å²) in [5, 5.41) is 5.81. The molecule has 2 amide bonds. The van der Waals surface area contributed by atoms with Crippen molar-refractivity contribution < 1.29 is 9.21 Å². The molecule has 9 heteroatoms. The van der Waals surface area contributed by atoms with E-state index in [-0.39, 0.29) is 12.1 Å². The Balaban J connectivity index is 1.40. The maximum Gasteiger partial charge on any atom is 0.419 e. The Labute approximate surface area is 161 Å². The molecular formula is C19H22N6O3. The molecule has 1 saturated heterocycles. The van der Waals surface area contributed by atoms with E-state index in [0.29, 0.717) is 35.8 Å². The molecule has 3 aromatic rings. The van der Waals surface area contributed by atoms with E-state index < -0.39 is 5.76 Å². The maximum atomic E-state index is 12.4. The molecule has 1 aliphatic heterocycles. The van der Waals surface area contributed by atoms with Crippen molar-refractivity contribution in [3.8, 4) is 0 Å². The quantitative estimate of drug-likeness (QED) is 0.717. The smallest absolute Gasteiger partial charge is 0.408 e. The third-order valence-corrected chi connectivity index (χ3v) is 4.83. The summed E-state index contributed by atoms with van der Waals surface area (Å²) in [7, 11) is 0. The number of amides is 2. The predicted molar refractivity (Wildman–Crippen MR) is 106 cm³/mol. The van der Waals surface area contributed by atoms with Gasteiger partial charge in [0, 0.05) is 49.8 Å². The standard InChI is InChI=1S/C19H22N6O3/c1-2-25-15-7-6-13(11-16(15)28-19(25)27)22-18(26)23-14-5-3-10-24(12-14)17-20-8-4-9-21-17/h4,6-9,11,14H,2-3,5,10,12H2,1H3,(H2,22,23,26)/t14-/m0/s1. The summed E-state index contributed by atoms with van der Waals surface area (Å²) in [4.78, 5) is 34.8. The molecule has 0 unspecified atom stereocenters. The van der Waals surface area contributed by atoms with Gasteiger partial charge in [0.15, 0.2) is 5.58 Å². The van der Waals surface area contributed by atoms with Gasteiger partial charge in [-0.05, 0) is 38.0 Å². The molecule has 3 heterocycles. The number of piperidine rings is 1. The number of anilines is 2. The van der Waals surface area contributed by atoms with Crippen LogP contribution in [-0.4, -0.2) is 39.7 Å². The van der Waals surface area contributed by atoms with Crippen LogP contribution in [0.15, 0.2) is 45.9 Å². The number of fused-ring (bicyclic) bond motifs is 1. The van der Waals surface area contributed by atoms with Crippen LogP contribution >= 0.6 is 0 Å². The molecule has 1 aromatic carbocycles. The van der Waals surface area contributed by atoms with Crippen LogP contribution in [0.3, 0.4) is 0 Å². The van der Waals surface area contributed by atoms with E-state index in [4.69, 9.17) is 4.42 Å². The number of aryl methyl sites for hydroxylation is 1. The summed E-state index contributed by atoms with van der Waals surface area (Å²) in [6.07, 6.45) is 5.27. The van der Waals surface area contributed by atoms with Crippen molar-refractivity contribution >= 4 is 28.8 Å². The molecule has 4 rings (SSSR count). The molecule has 2 aromatic heterocycles. The summed E-state index contributed by atoms with van der Waals surface area (Å²) >= 11 is 0. The molecule has 0 spiro atoms. The first-order chi connectivity index (χ1) is 13.6. The van der Waals surface area contributed by atoms with E-state index >= 15 is 0 Å². The fourth-order valence-electron chi connectivity index (χ4n) is 3.53. The highest BCUT2D eigenvalue weighted by atomic mass is 16.4. The zero-order chi connectivity index (χ0) is 19.5. The van der Waals surface area contributed by atoms with Gasteiger partial charge >= 0.3 is 11.8 Å². The van der Waals surface area contributed by atoms with Crippen LogP contribution in [-0.2, 0) is 6.54 Å². The van der Waals surface area contributed by atoms with Crippen molar-refractivity contribution in [1.29, 1.82) is 0 Å². The number of nitrogens with one attached hydrogen (secondary N) is 2. The number of hydrogen-bond acceptors (Lipinski definition) is 6. The molecule has 0 saturated carbocycles. The summed E-state index contributed by atoms with van der Waals surface area (Å²) in [6.45, 7) is 3.94. The Bertz CT molecular complexity index is 1030. The van der Waals surface area contributed by atoms with Gasteiger partial charge in [0.25, 0.3) is 0 Å². The first kappa shape index (κ1) is 18.0. The minimum absolute atomic E-state index is 0.000365. The topological polar surface area (TPSA) is 105 Å². The lowest BCUT2D eigenvalue weighted by Gasteiger charge is -2.33. The SMILES string of the molecule is CCn1c(=O)oc2cc(NC(=O)N[C@H]3CCCN(c4ncccn4)C3)ccc21. The van der Waals surface area contributed by atoms with E-state index in [1.165, 1.54) is 0 Å². The first-order valence-electron chi connectivity index (χ1n) is 9.37. The normalized spacial score (nSPS) is 16.9. The van der Waals surface area contributed by atoms with Crippen LogP contribution in [0, 0.1) is 0 Å². The van der Waals surface area contributed by atoms with Crippen molar-refractivity contribution in [3.05, 3.63) is 47.2 Å². The van der Waals surface area contributed by atoms with Gasteiger partial charge < -0.3 is 20.0 Å². The Morgan fingerprint density at radius 1 is 1.32 bits per heavy atom. The fraction of sp³-hybridized carbons (Fsp3) is 0.368. The van der Waals surface area contributed by atoms with Gasteiger partial charge in [-0.15, -0.1) is 0 Å². The lowest BCUT2D eigenvalue weighted by molar-refractivity contribution is 0.246.